The number of nitrogens with zero attached hydrogens (tertiary/aromatic N) is 6. The van der Waals surface area contributed by atoms with Crippen molar-refractivity contribution in [3.63, 3.8) is 0 Å². The lowest BCUT2D eigenvalue weighted by Gasteiger charge is -2.10. The molecule has 4 aromatic carbocycles. The van der Waals surface area contributed by atoms with Gasteiger partial charge in [0.05, 0.1) is 22.5 Å². The number of fused-ring (bicyclic) bond motifs is 6. The van der Waals surface area contributed by atoms with Crippen molar-refractivity contribution < 1.29 is 26.3 Å². The van der Waals surface area contributed by atoms with Crippen molar-refractivity contribution >= 4 is 11.1 Å². The first-order valence-electron chi connectivity index (χ1n) is 14.5. The van der Waals surface area contributed by atoms with Crippen LogP contribution in [0.3, 0.4) is 0 Å². The van der Waals surface area contributed by atoms with Gasteiger partial charge in [-0.1, -0.05) is 48.5 Å². The van der Waals surface area contributed by atoms with Crippen LogP contribution in [-0.2, 0) is 12.4 Å². The lowest BCUT2D eigenvalue weighted by Crippen LogP contribution is -2.04. The second kappa shape index (κ2) is 11.3. The summed E-state index contributed by atoms with van der Waals surface area (Å²) in [5.74, 6) is 0. The molecule has 7 rings (SSSR count). The van der Waals surface area contributed by atoms with Gasteiger partial charge < -0.3 is 0 Å². The van der Waals surface area contributed by atoms with Crippen LogP contribution in [0.5, 0.6) is 0 Å². The minimum atomic E-state index is -4.53. The molecule has 0 fully saturated rings. The molecule has 2 aliphatic rings. The Kier molecular flexibility index (Phi) is 7.14. The fourth-order valence-electron chi connectivity index (χ4n) is 6.17. The minimum Gasteiger partial charge on any atom is -0.243 e. The third kappa shape index (κ3) is 4.95. The van der Waals surface area contributed by atoms with Gasteiger partial charge in [0.15, 0.2) is 0 Å². The van der Waals surface area contributed by atoms with Crippen molar-refractivity contribution in [2.24, 2.45) is 0 Å². The van der Waals surface area contributed by atoms with E-state index in [2.05, 4.69) is 0 Å². The number of halogens is 6. The Balaban J connectivity index is 1.43. The predicted octanol–water partition coefficient (Wildman–Crippen LogP) is 9.51. The number of rotatable bonds is 2. The Morgan fingerprint density at radius 1 is 0.420 bits per heavy atom. The van der Waals surface area contributed by atoms with Crippen LogP contribution >= 0.6 is 0 Å². The third-order valence-corrected chi connectivity index (χ3v) is 8.50. The van der Waals surface area contributed by atoms with Crippen molar-refractivity contribution in [2.75, 3.05) is 0 Å². The summed E-state index contributed by atoms with van der Waals surface area (Å²) in [6.07, 6.45) is -9.05. The summed E-state index contributed by atoms with van der Waals surface area (Å²) in [6, 6.07) is 26.5. The zero-order chi connectivity index (χ0) is 35.5. The van der Waals surface area contributed by atoms with Gasteiger partial charge in [-0.25, -0.2) is 9.97 Å². The average molecular weight is 669 g/mol. The Hall–Kier alpha value is -7.02. The number of allylic oxidation sites excluding steroid dienone is 2. The van der Waals surface area contributed by atoms with Crippen LogP contribution < -0.4 is 0 Å². The molecule has 0 aliphatic heterocycles. The molecule has 6 nitrogen and oxygen atoms in total. The van der Waals surface area contributed by atoms with Gasteiger partial charge in [-0.15, -0.1) is 0 Å². The van der Waals surface area contributed by atoms with E-state index in [1.807, 2.05) is 24.3 Å². The van der Waals surface area contributed by atoms with Crippen LogP contribution in [0.15, 0.2) is 96.1 Å². The Bertz CT molecular complexity index is 2500. The van der Waals surface area contributed by atoms with E-state index in [0.717, 1.165) is 24.3 Å². The molecular formula is C38H14F6N6. The predicted molar refractivity (Wildman–Crippen MR) is 168 cm³/mol. The van der Waals surface area contributed by atoms with E-state index in [4.69, 9.17) is 9.97 Å². The molecule has 12 heteroatoms. The van der Waals surface area contributed by atoms with Crippen LogP contribution in [0.2, 0.25) is 0 Å². The van der Waals surface area contributed by atoms with E-state index < -0.39 is 23.5 Å². The molecule has 0 amide bonds. The summed E-state index contributed by atoms with van der Waals surface area (Å²) in [7, 11) is 0. The van der Waals surface area contributed by atoms with Crippen LogP contribution in [0.1, 0.15) is 33.6 Å². The molecule has 2 aliphatic carbocycles. The summed E-state index contributed by atoms with van der Waals surface area (Å²) < 4.78 is 79.2. The maximum absolute atomic E-state index is 13.2. The van der Waals surface area contributed by atoms with Crippen molar-refractivity contribution in [1.29, 1.82) is 21.0 Å². The Labute approximate surface area is 279 Å². The number of hydrogen-bond donors (Lipinski definition) is 0. The van der Waals surface area contributed by atoms with Gasteiger partial charge in [-0.2, -0.15) is 47.4 Å². The molecule has 0 unspecified atom stereocenters. The lowest BCUT2D eigenvalue weighted by atomic mass is 9.95. The van der Waals surface area contributed by atoms with Crippen molar-refractivity contribution in [3.8, 4) is 69.0 Å². The van der Waals surface area contributed by atoms with Gasteiger partial charge >= 0.3 is 12.4 Å². The largest absolute Gasteiger partial charge is 0.416 e. The summed E-state index contributed by atoms with van der Waals surface area (Å²) >= 11 is 0. The first kappa shape index (κ1) is 31.6. The third-order valence-electron chi connectivity index (χ3n) is 8.50. The van der Waals surface area contributed by atoms with Crippen molar-refractivity contribution in [2.45, 2.75) is 12.4 Å². The standard InChI is InChI=1S/C38H14F6N6/c39-37(40,41)25-7-1-19(2-8-25)21-6-12-28-29(13-21)32(24(17-47)18-48)36-33(28)49-35-31(23(15-45)16-46)27-11-5-22(14-30(27)34(35)50-36)20-3-9-26(10-4-20)38(42,43)44/h1-14H. The molecule has 50 heavy (non-hydrogen) atoms. The molecule has 1 heterocycles. The van der Waals surface area contributed by atoms with Crippen LogP contribution in [0.25, 0.3) is 55.9 Å². The number of hydrogen-bond acceptors (Lipinski definition) is 6. The van der Waals surface area contributed by atoms with Crippen LogP contribution in [0.4, 0.5) is 26.3 Å². The van der Waals surface area contributed by atoms with Gasteiger partial charge in [-0.05, 0) is 69.8 Å². The molecule has 0 N–H and O–H groups in total. The normalized spacial score (nSPS) is 12.4. The first-order valence-corrected chi connectivity index (χ1v) is 14.5. The quantitative estimate of drug-likeness (QED) is 0.134. The second-order valence-electron chi connectivity index (χ2n) is 11.2. The van der Waals surface area contributed by atoms with E-state index in [1.54, 1.807) is 36.4 Å². The minimum absolute atomic E-state index is 0.141. The molecule has 0 spiro atoms. The molecule has 0 saturated carbocycles. The number of aromatic nitrogens is 2. The molecule has 0 bridgehead atoms. The van der Waals surface area contributed by atoms with Crippen molar-refractivity contribution in [1.82, 2.24) is 9.97 Å². The molecule has 5 aromatic rings. The van der Waals surface area contributed by atoms with E-state index in [-0.39, 0.29) is 45.1 Å². The van der Waals surface area contributed by atoms with E-state index in [9.17, 15) is 47.4 Å². The maximum atomic E-state index is 13.2. The number of nitriles is 4. The molecule has 238 valence electrons. The SMILES string of the molecule is N#CC(C#N)=C1c2cc(-c3ccc(C(F)(F)F)cc3)ccc2-c2nc3c(nc21)-c1cc(-c2ccc(C(F)(F)F)cc2)ccc1C3=C(C#N)C#N. The second-order valence-corrected chi connectivity index (χ2v) is 11.2. The van der Waals surface area contributed by atoms with E-state index >= 15 is 0 Å². The van der Waals surface area contributed by atoms with E-state index in [0.29, 0.717) is 44.5 Å². The summed E-state index contributed by atoms with van der Waals surface area (Å²) in [4.78, 5) is 9.71. The molecule has 0 radical (unpaired) electrons. The average Bonchev–Trinajstić information content (AvgIpc) is 3.59. The smallest absolute Gasteiger partial charge is 0.243 e. The van der Waals surface area contributed by atoms with Gasteiger partial charge in [0, 0.05) is 22.3 Å². The van der Waals surface area contributed by atoms with Crippen molar-refractivity contribution in [3.05, 3.63) is 130 Å². The monoisotopic (exact) mass is 668 g/mol. The number of benzene rings is 4. The maximum Gasteiger partial charge on any atom is 0.416 e. The zero-order valence-corrected chi connectivity index (χ0v) is 25.0. The van der Waals surface area contributed by atoms with Gasteiger partial charge in [0.2, 0.25) is 0 Å². The first-order chi connectivity index (χ1) is 23.9. The summed E-state index contributed by atoms with van der Waals surface area (Å²) in [6.45, 7) is 0. The summed E-state index contributed by atoms with van der Waals surface area (Å²) in [5, 5.41) is 39.7. The molecule has 0 atom stereocenters. The molecule has 1 aromatic heterocycles. The van der Waals surface area contributed by atoms with Gasteiger partial charge in [0.25, 0.3) is 0 Å². The van der Waals surface area contributed by atoms with Crippen LogP contribution in [-0.4, -0.2) is 9.97 Å². The highest BCUT2D eigenvalue weighted by Gasteiger charge is 2.37. The van der Waals surface area contributed by atoms with Gasteiger partial charge in [0.1, 0.15) is 46.8 Å². The Morgan fingerprint density at radius 3 is 1.20 bits per heavy atom. The van der Waals surface area contributed by atoms with E-state index in [1.165, 1.54) is 24.3 Å². The zero-order valence-electron chi connectivity index (χ0n) is 25.0. The Morgan fingerprint density at radius 2 is 0.780 bits per heavy atom. The molecular weight excluding hydrogens is 654 g/mol. The highest BCUT2D eigenvalue weighted by molar-refractivity contribution is 6.07. The fourth-order valence-corrected chi connectivity index (χ4v) is 6.17. The summed E-state index contributed by atoms with van der Waals surface area (Å²) in [5.41, 5.74) is 2.51. The highest BCUT2D eigenvalue weighted by atomic mass is 19.4. The highest BCUT2D eigenvalue weighted by Crippen LogP contribution is 2.51. The van der Waals surface area contributed by atoms with Gasteiger partial charge in [-0.3, -0.25) is 0 Å². The lowest BCUT2D eigenvalue weighted by molar-refractivity contribution is -0.138. The topological polar surface area (TPSA) is 121 Å². The molecule has 0 saturated heterocycles. The number of alkyl halides is 6. The van der Waals surface area contributed by atoms with Crippen LogP contribution in [0, 0.1) is 45.3 Å². The fraction of sp³-hybridized carbons (Fsp3) is 0.0526.